The Bertz CT molecular complexity index is 585. The van der Waals surface area contributed by atoms with E-state index in [1.807, 2.05) is 13.8 Å². The molecule has 0 saturated heterocycles. The maximum Gasteiger partial charge on any atom is 0.309 e. The number of halogens is 1. The third-order valence-electron chi connectivity index (χ3n) is 5.11. The lowest BCUT2D eigenvalue weighted by Crippen LogP contribution is -2.43. The molecular formula is C16H20ClNO3. The molecule has 2 atom stereocenters. The van der Waals surface area contributed by atoms with E-state index in [0.717, 1.165) is 0 Å². The van der Waals surface area contributed by atoms with Crippen molar-refractivity contribution in [3.63, 3.8) is 0 Å². The molecule has 1 aromatic rings. The number of anilines is 1. The maximum atomic E-state index is 12.5. The molecule has 0 aromatic heterocycles. The van der Waals surface area contributed by atoms with Crippen molar-refractivity contribution in [3.8, 4) is 0 Å². The Morgan fingerprint density at radius 1 is 1.33 bits per heavy atom. The Morgan fingerprint density at radius 2 is 2.00 bits per heavy atom. The van der Waals surface area contributed by atoms with Crippen LogP contribution in [-0.2, 0) is 9.59 Å². The van der Waals surface area contributed by atoms with E-state index in [1.165, 1.54) is 0 Å². The summed E-state index contributed by atoms with van der Waals surface area (Å²) in [5.74, 6) is -1.32. The van der Waals surface area contributed by atoms with Gasteiger partial charge in [-0.2, -0.15) is 0 Å². The molecule has 4 nitrogen and oxygen atoms in total. The first-order chi connectivity index (χ1) is 9.68. The largest absolute Gasteiger partial charge is 0.481 e. The molecule has 1 saturated carbocycles. The highest BCUT2D eigenvalue weighted by atomic mass is 35.5. The number of nitrogens with one attached hydrogen (secondary N) is 1. The van der Waals surface area contributed by atoms with Crippen LogP contribution in [0.5, 0.6) is 0 Å². The molecule has 1 aliphatic carbocycles. The molecule has 2 rings (SSSR count). The van der Waals surface area contributed by atoms with Gasteiger partial charge in [-0.3, -0.25) is 9.59 Å². The molecule has 0 heterocycles. The molecule has 0 aliphatic heterocycles. The lowest BCUT2D eigenvalue weighted by molar-refractivity contribution is -0.154. The molecule has 0 spiro atoms. The normalized spacial score (nSPS) is 27.3. The van der Waals surface area contributed by atoms with E-state index < -0.39 is 16.8 Å². The summed E-state index contributed by atoms with van der Waals surface area (Å²) in [6, 6.07) is 6.94. The number of hydrogen-bond donors (Lipinski definition) is 2. The number of carbonyl (C=O) groups is 2. The van der Waals surface area contributed by atoms with Crippen molar-refractivity contribution >= 4 is 29.2 Å². The number of aliphatic carboxylic acids is 1. The number of hydrogen-bond acceptors (Lipinski definition) is 2. The standard InChI is InChI=1S/C16H20ClNO3/c1-15(2)12(7-8-16(15,3)14(20)21)13(19)18-11-6-4-5-10(17)9-11/h4-6,9,12H,7-8H2,1-3H3,(H,18,19)(H,20,21)/t12-,16-/m1/s1. The Hall–Kier alpha value is -1.55. The van der Waals surface area contributed by atoms with Crippen LogP contribution < -0.4 is 5.32 Å². The zero-order valence-corrected chi connectivity index (χ0v) is 13.2. The van der Waals surface area contributed by atoms with Gasteiger partial charge in [-0.05, 0) is 43.4 Å². The highest BCUT2D eigenvalue weighted by molar-refractivity contribution is 6.30. The highest BCUT2D eigenvalue weighted by Crippen LogP contribution is 2.56. The average Bonchev–Trinajstić information content (AvgIpc) is 2.61. The van der Waals surface area contributed by atoms with E-state index in [4.69, 9.17) is 11.6 Å². The van der Waals surface area contributed by atoms with Crippen LogP contribution in [0.4, 0.5) is 5.69 Å². The van der Waals surface area contributed by atoms with Crippen molar-refractivity contribution in [1.82, 2.24) is 0 Å². The zero-order valence-electron chi connectivity index (χ0n) is 12.4. The van der Waals surface area contributed by atoms with Crippen molar-refractivity contribution in [2.75, 3.05) is 5.32 Å². The first-order valence-corrected chi connectivity index (χ1v) is 7.36. The molecule has 0 bridgehead atoms. The van der Waals surface area contributed by atoms with Crippen molar-refractivity contribution in [2.45, 2.75) is 33.6 Å². The molecule has 1 amide bonds. The molecule has 21 heavy (non-hydrogen) atoms. The number of rotatable bonds is 3. The minimum atomic E-state index is -0.886. The van der Waals surface area contributed by atoms with Gasteiger partial charge < -0.3 is 10.4 Å². The highest BCUT2D eigenvalue weighted by Gasteiger charge is 2.58. The van der Waals surface area contributed by atoms with Gasteiger partial charge in [-0.1, -0.05) is 31.5 Å². The lowest BCUT2D eigenvalue weighted by atomic mass is 9.65. The summed E-state index contributed by atoms with van der Waals surface area (Å²) in [5, 5.41) is 12.9. The van der Waals surface area contributed by atoms with Gasteiger partial charge in [0.25, 0.3) is 0 Å². The second-order valence-corrected chi connectivity index (χ2v) is 6.89. The van der Waals surface area contributed by atoms with Crippen LogP contribution in [0.2, 0.25) is 5.02 Å². The third-order valence-corrected chi connectivity index (χ3v) is 5.34. The van der Waals surface area contributed by atoms with Gasteiger partial charge in [0.05, 0.1) is 5.41 Å². The smallest absolute Gasteiger partial charge is 0.309 e. The third kappa shape index (κ3) is 2.64. The van der Waals surface area contributed by atoms with Gasteiger partial charge in [0.1, 0.15) is 0 Å². The fraction of sp³-hybridized carbons (Fsp3) is 0.500. The molecule has 114 valence electrons. The Labute approximate surface area is 129 Å². The summed E-state index contributed by atoms with van der Waals surface area (Å²) >= 11 is 5.90. The van der Waals surface area contributed by atoms with Gasteiger partial charge >= 0.3 is 5.97 Å². The molecule has 0 unspecified atom stereocenters. The second-order valence-electron chi connectivity index (χ2n) is 6.45. The summed E-state index contributed by atoms with van der Waals surface area (Å²) in [7, 11) is 0. The van der Waals surface area contributed by atoms with Crippen LogP contribution in [0.3, 0.4) is 0 Å². The molecular weight excluding hydrogens is 290 g/mol. The Kier molecular flexibility index (Phi) is 4.02. The van der Waals surface area contributed by atoms with Crippen molar-refractivity contribution in [1.29, 1.82) is 0 Å². The molecule has 1 aromatic carbocycles. The summed E-state index contributed by atoms with van der Waals surface area (Å²) in [4.78, 5) is 24.1. The van der Waals surface area contributed by atoms with E-state index in [1.54, 1.807) is 31.2 Å². The SMILES string of the molecule is CC1(C)[C@@H](C(=O)Nc2cccc(Cl)c2)CC[C@]1(C)C(=O)O. The van der Waals surface area contributed by atoms with Crippen molar-refractivity contribution < 1.29 is 14.7 Å². The van der Waals surface area contributed by atoms with Crippen molar-refractivity contribution in [2.24, 2.45) is 16.7 Å². The van der Waals surface area contributed by atoms with Crippen LogP contribution in [-0.4, -0.2) is 17.0 Å². The van der Waals surface area contributed by atoms with E-state index in [9.17, 15) is 14.7 Å². The summed E-state index contributed by atoms with van der Waals surface area (Å²) in [5.41, 5.74) is -0.864. The van der Waals surface area contributed by atoms with E-state index in [2.05, 4.69) is 5.32 Å². The van der Waals surface area contributed by atoms with E-state index in [-0.39, 0.29) is 11.8 Å². The van der Waals surface area contributed by atoms with Crippen LogP contribution in [0.15, 0.2) is 24.3 Å². The first-order valence-electron chi connectivity index (χ1n) is 6.98. The predicted octanol–water partition coefficient (Wildman–Crippen LogP) is 3.81. The zero-order chi connectivity index (χ0) is 15.8. The van der Waals surface area contributed by atoms with Gasteiger partial charge in [0, 0.05) is 16.6 Å². The van der Waals surface area contributed by atoms with Crippen LogP contribution in [0, 0.1) is 16.7 Å². The van der Waals surface area contributed by atoms with Gasteiger partial charge in [-0.25, -0.2) is 0 Å². The Morgan fingerprint density at radius 3 is 2.52 bits per heavy atom. The number of amides is 1. The summed E-state index contributed by atoms with van der Waals surface area (Å²) in [6.07, 6.45) is 1.07. The Balaban J connectivity index is 2.19. The van der Waals surface area contributed by atoms with Gasteiger partial charge in [-0.15, -0.1) is 0 Å². The van der Waals surface area contributed by atoms with Gasteiger partial charge in [0.15, 0.2) is 0 Å². The number of carboxylic acids is 1. The van der Waals surface area contributed by atoms with E-state index >= 15 is 0 Å². The van der Waals surface area contributed by atoms with E-state index in [0.29, 0.717) is 23.6 Å². The minimum absolute atomic E-state index is 0.146. The van der Waals surface area contributed by atoms with Gasteiger partial charge in [0.2, 0.25) is 5.91 Å². The van der Waals surface area contributed by atoms with Crippen LogP contribution in [0.25, 0.3) is 0 Å². The predicted molar refractivity (Wildman–Crippen MR) is 82.3 cm³/mol. The lowest BCUT2D eigenvalue weighted by Gasteiger charge is -2.37. The number of carbonyl (C=O) groups excluding carboxylic acids is 1. The van der Waals surface area contributed by atoms with Crippen LogP contribution >= 0.6 is 11.6 Å². The van der Waals surface area contributed by atoms with Crippen molar-refractivity contribution in [3.05, 3.63) is 29.3 Å². The summed E-state index contributed by atoms with van der Waals surface area (Å²) < 4.78 is 0. The minimum Gasteiger partial charge on any atom is -0.481 e. The fourth-order valence-electron chi connectivity index (χ4n) is 3.14. The monoisotopic (exact) mass is 309 g/mol. The van der Waals surface area contributed by atoms with Crippen LogP contribution in [0.1, 0.15) is 33.6 Å². The number of benzene rings is 1. The second kappa shape index (κ2) is 5.34. The fourth-order valence-corrected chi connectivity index (χ4v) is 3.33. The molecule has 2 N–H and O–H groups in total. The topological polar surface area (TPSA) is 66.4 Å². The molecule has 0 radical (unpaired) electrons. The first kappa shape index (κ1) is 15.8. The summed E-state index contributed by atoms with van der Waals surface area (Å²) in [6.45, 7) is 5.44. The number of carboxylic acid groups (broad SMARTS) is 1. The maximum absolute atomic E-state index is 12.5. The molecule has 1 fully saturated rings. The quantitative estimate of drug-likeness (QED) is 0.892. The molecule has 5 heteroatoms. The molecule has 1 aliphatic rings. The average molecular weight is 310 g/mol.